The first-order chi connectivity index (χ1) is 13.4. The minimum atomic E-state index is -4.71. The number of likely N-dealkylation sites (tertiary alicyclic amines) is 1. The molecule has 28 heavy (non-hydrogen) atoms. The van der Waals surface area contributed by atoms with Crippen molar-refractivity contribution < 1.29 is 22.7 Å². The molecular formula is C20H18F3N3O2. The normalized spacial score (nSPS) is 14.6. The van der Waals surface area contributed by atoms with Crippen LogP contribution in [0.5, 0.6) is 5.75 Å². The highest BCUT2D eigenvalue weighted by atomic mass is 19.4. The number of ether oxygens (including phenoxy) is 1. The van der Waals surface area contributed by atoms with Crippen LogP contribution in [-0.2, 0) is 11.3 Å². The summed E-state index contributed by atoms with van der Waals surface area (Å²) in [5.41, 5.74) is 3.14. The predicted octanol–water partition coefficient (Wildman–Crippen LogP) is 4.22. The molecule has 146 valence electrons. The lowest BCUT2D eigenvalue weighted by Gasteiger charge is -2.15. The van der Waals surface area contributed by atoms with Gasteiger partial charge in [-0.05, 0) is 48.2 Å². The van der Waals surface area contributed by atoms with E-state index < -0.39 is 6.36 Å². The molecule has 2 aromatic carbocycles. The first kappa shape index (κ1) is 18.3. The second-order valence-corrected chi connectivity index (χ2v) is 6.74. The Kier molecular flexibility index (Phi) is 4.70. The number of imidazole rings is 1. The van der Waals surface area contributed by atoms with Gasteiger partial charge in [0.25, 0.3) is 0 Å². The molecule has 0 N–H and O–H groups in total. The summed E-state index contributed by atoms with van der Waals surface area (Å²) >= 11 is 0. The van der Waals surface area contributed by atoms with Crippen LogP contribution in [0.3, 0.4) is 0 Å². The summed E-state index contributed by atoms with van der Waals surface area (Å²) in [5.74, 6) is -0.178. The van der Waals surface area contributed by atoms with Crippen LogP contribution in [0.15, 0.2) is 48.8 Å². The van der Waals surface area contributed by atoms with Crippen LogP contribution in [-0.4, -0.2) is 39.8 Å². The van der Waals surface area contributed by atoms with Crippen LogP contribution in [0.1, 0.15) is 12.8 Å². The topological polar surface area (TPSA) is 47.4 Å². The molecule has 0 spiro atoms. The van der Waals surface area contributed by atoms with Crippen molar-refractivity contribution >= 4 is 16.9 Å². The lowest BCUT2D eigenvalue weighted by Crippen LogP contribution is -2.30. The van der Waals surface area contributed by atoms with Crippen LogP contribution in [0.25, 0.3) is 22.2 Å². The number of carbonyl (C=O) groups is 1. The quantitative estimate of drug-likeness (QED) is 0.671. The second kappa shape index (κ2) is 7.18. The number of rotatable bonds is 4. The van der Waals surface area contributed by atoms with E-state index in [1.807, 2.05) is 27.7 Å². The van der Waals surface area contributed by atoms with Crippen molar-refractivity contribution in [1.29, 1.82) is 0 Å². The summed E-state index contributed by atoms with van der Waals surface area (Å²) in [6, 6.07) is 11.3. The summed E-state index contributed by atoms with van der Waals surface area (Å²) < 4.78 is 42.5. The van der Waals surface area contributed by atoms with E-state index in [2.05, 4.69) is 9.72 Å². The van der Waals surface area contributed by atoms with Crippen molar-refractivity contribution in [1.82, 2.24) is 14.5 Å². The monoisotopic (exact) mass is 389 g/mol. The number of fused-ring (bicyclic) bond motifs is 1. The number of hydrogen-bond donors (Lipinski definition) is 0. The number of alkyl halides is 3. The first-order valence-electron chi connectivity index (χ1n) is 8.98. The summed E-state index contributed by atoms with van der Waals surface area (Å²) in [6.07, 6.45) is -0.971. The van der Waals surface area contributed by atoms with Crippen LogP contribution in [0.4, 0.5) is 13.2 Å². The molecule has 1 fully saturated rings. The molecule has 1 saturated heterocycles. The van der Waals surface area contributed by atoms with Crippen LogP contribution < -0.4 is 4.74 Å². The molecule has 0 atom stereocenters. The molecule has 3 aromatic rings. The Labute approximate surface area is 159 Å². The highest BCUT2D eigenvalue weighted by Crippen LogP contribution is 2.28. The summed E-state index contributed by atoms with van der Waals surface area (Å²) in [6.45, 7) is 1.87. The molecule has 0 radical (unpaired) electrons. The van der Waals surface area contributed by atoms with Crippen molar-refractivity contribution in [2.45, 2.75) is 25.7 Å². The summed E-state index contributed by atoms with van der Waals surface area (Å²) in [7, 11) is 0. The molecule has 5 nitrogen and oxygen atoms in total. The van der Waals surface area contributed by atoms with Gasteiger partial charge in [-0.15, -0.1) is 13.2 Å². The molecule has 8 heteroatoms. The Morgan fingerprint density at radius 2 is 1.71 bits per heavy atom. The second-order valence-electron chi connectivity index (χ2n) is 6.74. The molecule has 1 amide bonds. The standard InChI is InChI=1S/C20H18F3N3O2/c21-20(22,23)28-16-6-3-14(4-7-16)15-5-8-18-17(11-15)24-13-26(18)12-19(27)25-9-1-2-10-25/h3-8,11,13H,1-2,9-10,12H2. The molecule has 2 heterocycles. The Bertz CT molecular complexity index is 990. The van der Waals surface area contributed by atoms with Gasteiger partial charge >= 0.3 is 6.36 Å². The van der Waals surface area contributed by atoms with E-state index in [9.17, 15) is 18.0 Å². The highest BCUT2D eigenvalue weighted by Gasteiger charge is 2.31. The van der Waals surface area contributed by atoms with Crippen molar-refractivity contribution in [2.24, 2.45) is 0 Å². The van der Waals surface area contributed by atoms with Gasteiger partial charge in [0.05, 0.1) is 17.4 Å². The highest BCUT2D eigenvalue weighted by molar-refractivity contribution is 5.84. The third kappa shape index (κ3) is 3.95. The van der Waals surface area contributed by atoms with Gasteiger partial charge in [-0.3, -0.25) is 4.79 Å². The van der Waals surface area contributed by atoms with Crippen LogP contribution in [0, 0.1) is 0 Å². The molecule has 0 saturated carbocycles. The zero-order valence-electron chi connectivity index (χ0n) is 14.9. The minimum absolute atomic E-state index is 0.0844. The maximum atomic E-state index is 12.4. The van der Waals surface area contributed by atoms with Gasteiger partial charge in [0, 0.05) is 13.1 Å². The fourth-order valence-corrected chi connectivity index (χ4v) is 3.43. The largest absolute Gasteiger partial charge is 0.573 e. The van der Waals surface area contributed by atoms with Crippen molar-refractivity contribution in [3.05, 3.63) is 48.8 Å². The number of amides is 1. The van der Waals surface area contributed by atoms with E-state index in [0.29, 0.717) is 0 Å². The fourth-order valence-electron chi connectivity index (χ4n) is 3.43. The first-order valence-corrected chi connectivity index (χ1v) is 8.98. The van der Waals surface area contributed by atoms with Gasteiger partial charge in [0.1, 0.15) is 12.3 Å². The molecular weight excluding hydrogens is 371 g/mol. The predicted molar refractivity (Wildman–Crippen MR) is 97.7 cm³/mol. The van der Waals surface area contributed by atoms with E-state index in [1.165, 1.54) is 12.1 Å². The van der Waals surface area contributed by atoms with E-state index in [1.54, 1.807) is 18.5 Å². The zero-order valence-corrected chi connectivity index (χ0v) is 14.9. The number of hydrogen-bond acceptors (Lipinski definition) is 3. The smallest absolute Gasteiger partial charge is 0.406 e. The molecule has 1 aliphatic heterocycles. The Balaban J connectivity index is 1.53. The average molecular weight is 389 g/mol. The average Bonchev–Trinajstić information content (AvgIpc) is 3.31. The van der Waals surface area contributed by atoms with Gasteiger partial charge < -0.3 is 14.2 Å². The Morgan fingerprint density at radius 3 is 2.39 bits per heavy atom. The van der Waals surface area contributed by atoms with Crippen molar-refractivity contribution in [2.75, 3.05) is 13.1 Å². The number of carbonyl (C=O) groups excluding carboxylic acids is 1. The molecule has 0 unspecified atom stereocenters. The molecule has 0 bridgehead atoms. The van der Waals surface area contributed by atoms with Gasteiger partial charge in [0.15, 0.2) is 0 Å². The number of halogens is 3. The third-order valence-corrected chi connectivity index (χ3v) is 4.81. The van der Waals surface area contributed by atoms with Gasteiger partial charge in [-0.2, -0.15) is 0 Å². The van der Waals surface area contributed by atoms with E-state index >= 15 is 0 Å². The molecule has 1 aliphatic rings. The van der Waals surface area contributed by atoms with Crippen LogP contribution >= 0.6 is 0 Å². The van der Waals surface area contributed by atoms with Gasteiger partial charge in [0.2, 0.25) is 5.91 Å². The SMILES string of the molecule is O=C(Cn1cnc2cc(-c3ccc(OC(F)(F)F)cc3)ccc21)N1CCCC1. The Morgan fingerprint density at radius 1 is 1.04 bits per heavy atom. The van der Waals surface area contributed by atoms with Crippen molar-refractivity contribution in [3.63, 3.8) is 0 Å². The fraction of sp³-hybridized carbons (Fsp3) is 0.300. The molecule has 4 rings (SSSR count). The maximum absolute atomic E-state index is 12.4. The number of nitrogens with zero attached hydrogens (tertiary/aromatic N) is 3. The number of aromatic nitrogens is 2. The van der Waals surface area contributed by atoms with E-state index in [-0.39, 0.29) is 18.2 Å². The summed E-state index contributed by atoms with van der Waals surface area (Å²) in [4.78, 5) is 18.6. The van der Waals surface area contributed by atoms with E-state index in [0.717, 1.165) is 48.1 Å². The van der Waals surface area contributed by atoms with Gasteiger partial charge in [-0.1, -0.05) is 18.2 Å². The van der Waals surface area contributed by atoms with E-state index in [4.69, 9.17) is 0 Å². The lowest BCUT2D eigenvalue weighted by molar-refractivity contribution is -0.274. The van der Waals surface area contributed by atoms with Crippen molar-refractivity contribution in [3.8, 4) is 16.9 Å². The molecule has 0 aliphatic carbocycles. The lowest BCUT2D eigenvalue weighted by atomic mass is 10.1. The zero-order chi connectivity index (χ0) is 19.7. The Hall–Kier alpha value is -3.03. The molecule has 1 aromatic heterocycles. The third-order valence-electron chi connectivity index (χ3n) is 4.81. The summed E-state index contributed by atoms with van der Waals surface area (Å²) in [5, 5.41) is 0. The minimum Gasteiger partial charge on any atom is -0.406 e. The maximum Gasteiger partial charge on any atom is 0.573 e. The van der Waals surface area contributed by atoms with Gasteiger partial charge in [-0.25, -0.2) is 4.98 Å². The number of benzene rings is 2. The van der Waals surface area contributed by atoms with Crippen LogP contribution in [0.2, 0.25) is 0 Å².